The van der Waals surface area contributed by atoms with Crippen LogP contribution in [0.1, 0.15) is 22.8 Å². The Morgan fingerprint density at radius 1 is 1.19 bits per heavy atom. The average Bonchev–Trinajstić information content (AvgIpc) is 2.68. The van der Waals surface area contributed by atoms with Gasteiger partial charge in [0, 0.05) is 45.1 Å². The van der Waals surface area contributed by atoms with Crippen LogP contribution in [0, 0.1) is 0 Å². The number of pyridine rings is 2. The van der Waals surface area contributed by atoms with E-state index in [4.69, 9.17) is 4.74 Å². The van der Waals surface area contributed by atoms with Gasteiger partial charge in [0.15, 0.2) is 0 Å². The fraction of sp³-hybridized carbons (Fsp3) is 0.421. The van der Waals surface area contributed by atoms with E-state index in [0.717, 1.165) is 37.6 Å². The summed E-state index contributed by atoms with van der Waals surface area (Å²) < 4.78 is 5.42. The number of carbonyl (C=O) groups is 1. The van der Waals surface area contributed by atoms with Crippen LogP contribution in [-0.2, 0) is 6.54 Å². The Morgan fingerprint density at radius 3 is 2.77 bits per heavy atom. The van der Waals surface area contributed by atoms with Gasteiger partial charge in [-0.15, -0.1) is 0 Å². The van der Waals surface area contributed by atoms with Crippen LogP contribution in [0.4, 0.5) is 5.82 Å². The van der Waals surface area contributed by atoms with Gasteiger partial charge in [-0.25, -0.2) is 9.97 Å². The largest absolute Gasteiger partial charge is 0.477 e. The predicted octanol–water partition coefficient (Wildman–Crippen LogP) is 1.56. The zero-order valence-electron chi connectivity index (χ0n) is 15.3. The molecular formula is C19H25N5O2. The average molecular weight is 355 g/mol. The molecule has 138 valence electrons. The van der Waals surface area contributed by atoms with Gasteiger partial charge < -0.3 is 19.9 Å². The second kappa shape index (κ2) is 8.62. The molecule has 0 atom stereocenters. The normalized spacial score (nSPS) is 14.9. The second-order valence-electron chi connectivity index (χ2n) is 6.28. The van der Waals surface area contributed by atoms with E-state index in [1.165, 1.54) is 0 Å². The molecule has 3 heterocycles. The third-order valence-corrected chi connectivity index (χ3v) is 4.39. The fourth-order valence-corrected chi connectivity index (χ4v) is 2.87. The molecule has 0 aliphatic carbocycles. The zero-order chi connectivity index (χ0) is 18.4. The van der Waals surface area contributed by atoms with E-state index < -0.39 is 0 Å². The predicted molar refractivity (Wildman–Crippen MR) is 101 cm³/mol. The SMILES string of the molecule is CCOc1ncccc1C(=O)NCc1ccnc(N2CCN(C)CC2)c1. The first kappa shape index (κ1) is 18.1. The number of piperazine rings is 1. The lowest BCUT2D eigenvalue weighted by atomic mass is 10.2. The maximum Gasteiger partial charge on any atom is 0.257 e. The highest BCUT2D eigenvalue weighted by Crippen LogP contribution is 2.16. The summed E-state index contributed by atoms with van der Waals surface area (Å²) in [4.78, 5) is 25.7. The molecule has 2 aromatic heterocycles. The Morgan fingerprint density at radius 2 is 2.00 bits per heavy atom. The number of aromatic nitrogens is 2. The number of hydrogen-bond acceptors (Lipinski definition) is 6. The molecule has 1 fully saturated rings. The molecule has 26 heavy (non-hydrogen) atoms. The Balaban J connectivity index is 1.63. The summed E-state index contributed by atoms with van der Waals surface area (Å²) in [6.07, 6.45) is 3.41. The Kier molecular flexibility index (Phi) is 6.01. The number of ether oxygens (including phenoxy) is 1. The number of amides is 1. The van der Waals surface area contributed by atoms with Gasteiger partial charge in [0.05, 0.1) is 6.61 Å². The van der Waals surface area contributed by atoms with E-state index in [0.29, 0.717) is 24.6 Å². The van der Waals surface area contributed by atoms with Crippen molar-refractivity contribution >= 4 is 11.7 Å². The third-order valence-electron chi connectivity index (χ3n) is 4.39. The van der Waals surface area contributed by atoms with E-state index in [2.05, 4.69) is 32.1 Å². The van der Waals surface area contributed by atoms with E-state index >= 15 is 0 Å². The van der Waals surface area contributed by atoms with E-state index in [9.17, 15) is 4.79 Å². The summed E-state index contributed by atoms with van der Waals surface area (Å²) in [5, 5.41) is 2.94. The number of likely N-dealkylation sites (N-methyl/N-ethyl adjacent to an activating group) is 1. The number of hydrogen-bond donors (Lipinski definition) is 1. The fourth-order valence-electron chi connectivity index (χ4n) is 2.87. The lowest BCUT2D eigenvalue weighted by Gasteiger charge is -2.33. The maximum absolute atomic E-state index is 12.5. The monoisotopic (exact) mass is 355 g/mol. The molecule has 0 aromatic carbocycles. The minimum Gasteiger partial charge on any atom is -0.477 e. The number of anilines is 1. The summed E-state index contributed by atoms with van der Waals surface area (Å²) in [6.45, 7) is 6.76. The van der Waals surface area contributed by atoms with Crippen LogP contribution in [-0.4, -0.2) is 60.6 Å². The van der Waals surface area contributed by atoms with Crippen LogP contribution in [0.5, 0.6) is 5.88 Å². The molecule has 2 aromatic rings. The van der Waals surface area contributed by atoms with Crippen LogP contribution in [0.15, 0.2) is 36.7 Å². The molecule has 0 radical (unpaired) electrons. The van der Waals surface area contributed by atoms with E-state index in [-0.39, 0.29) is 5.91 Å². The van der Waals surface area contributed by atoms with Gasteiger partial charge in [-0.2, -0.15) is 0 Å². The van der Waals surface area contributed by atoms with Crippen molar-refractivity contribution in [2.24, 2.45) is 0 Å². The van der Waals surface area contributed by atoms with Crippen molar-refractivity contribution in [1.29, 1.82) is 0 Å². The van der Waals surface area contributed by atoms with Crippen molar-refractivity contribution in [2.75, 3.05) is 44.7 Å². The van der Waals surface area contributed by atoms with Gasteiger partial charge in [-0.3, -0.25) is 4.79 Å². The second-order valence-corrected chi connectivity index (χ2v) is 6.28. The van der Waals surface area contributed by atoms with Gasteiger partial charge in [-0.1, -0.05) is 0 Å². The molecule has 7 nitrogen and oxygen atoms in total. The molecule has 1 amide bonds. The summed E-state index contributed by atoms with van der Waals surface area (Å²) in [6, 6.07) is 7.41. The maximum atomic E-state index is 12.5. The molecule has 0 unspecified atom stereocenters. The number of nitrogens with zero attached hydrogens (tertiary/aromatic N) is 4. The standard InChI is InChI=1S/C19H25N5O2/c1-3-26-19-16(5-4-7-21-19)18(25)22-14-15-6-8-20-17(13-15)24-11-9-23(2)10-12-24/h4-8,13H,3,9-12,14H2,1-2H3,(H,22,25). The molecule has 1 aliphatic rings. The van der Waals surface area contributed by atoms with E-state index in [1.807, 2.05) is 19.1 Å². The van der Waals surface area contributed by atoms with Crippen LogP contribution >= 0.6 is 0 Å². The highest BCUT2D eigenvalue weighted by molar-refractivity contribution is 5.96. The van der Waals surface area contributed by atoms with Gasteiger partial charge in [0.1, 0.15) is 11.4 Å². The first-order chi connectivity index (χ1) is 12.7. The van der Waals surface area contributed by atoms with E-state index in [1.54, 1.807) is 24.5 Å². The molecule has 3 rings (SSSR count). The lowest BCUT2D eigenvalue weighted by Crippen LogP contribution is -2.44. The number of rotatable bonds is 6. The molecule has 0 saturated carbocycles. The smallest absolute Gasteiger partial charge is 0.257 e. The number of nitrogens with one attached hydrogen (secondary N) is 1. The minimum atomic E-state index is -0.195. The van der Waals surface area contributed by atoms with Crippen LogP contribution in [0.2, 0.25) is 0 Å². The van der Waals surface area contributed by atoms with Crippen molar-refractivity contribution in [3.63, 3.8) is 0 Å². The van der Waals surface area contributed by atoms with Gasteiger partial charge in [-0.05, 0) is 43.8 Å². The third kappa shape index (κ3) is 4.49. The van der Waals surface area contributed by atoms with Gasteiger partial charge >= 0.3 is 0 Å². The topological polar surface area (TPSA) is 70.6 Å². The van der Waals surface area contributed by atoms with Crippen molar-refractivity contribution in [3.05, 3.63) is 47.8 Å². The Hall–Kier alpha value is -2.67. The summed E-state index contributed by atoms with van der Waals surface area (Å²) in [5.41, 5.74) is 1.46. The molecule has 0 spiro atoms. The zero-order valence-corrected chi connectivity index (χ0v) is 15.3. The van der Waals surface area contributed by atoms with Crippen molar-refractivity contribution in [2.45, 2.75) is 13.5 Å². The van der Waals surface area contributed by atoms with Crippen LogP contribution < -0.4 is 15.0 Å². The quantitative estimate of drug-likeness (QED) is 0.848. The van der Waals surface area contributed by atoms with Gasteiger partial charge in [0.25, 0.3) is 5.91 Å². The minimum absolute atomic E-state index is 0.195. The molecule has 7 heteroatoms. The summed E-state index contributed by atoms with van der Waals surface area (Å²) in [5.74, 6) is 1.13. The lowest BCUT2D eigenvalue weighted by molar-refractivity contribution is 0.0946. The highest BCUT2D eigenvalue weighted by atomic mass is 16.5. The Bertz CT molecular complexity index is 744. The first-order valence-electron chi connectivity index (χ1n) is 8.92. The molecular weight excluding hydrogens is 330 g/mol. The van der Waals surface area contributed by atoms with Crippen molar-refractivity contribution < 1.29 is 9.53 Å². The summed E-state index contributed by atoms with van der Waals surface area (Å²) in [7, 11) is 2.13. The molecule has 1 aliphatic heterocycles. The molecule has 1 saturated heterocycles. The van der Waals surface area contributed by atoms with Crippen LogP contribution in [0.25, 0.3) is 0 Å². The molecule has 0 bridgehead atoms. The first-order valence-corrected chi connectivity index (χ1v) is 8.92. The number of carbonyl (C=O) groups excluding carboxylic acids is 1. The summed E-state index contributed by atoms with van der Waals surface area (Å²) >= 11 is 0. The van der Waals surface area contributed by atoms with Crippen molar-refractivity contribution in [3.8, 4) is 5.88 Å². The van der Waals surface area contributed by atoms with Gasteiger partial charge in [0.2, 0.25) is 5.88 Å². The molecule has 1 N–H and O–H groups in total. The highest BCUT2D eigenvalue weighted by Gasteiger charge is 2.16. The Labute approximate surface area is 154 Å². The van der Waals surface area contributed by atoms with Crippen molar-refractivity contribution in [1.82, 2.24) is 20.2 Å². The van der Waals surface area contributed by atoms with Crippen LogP contribution in [0.3, 0.4) is 0 Å².